The second-order valence-electron chi connectivity index (χ2n) is 3.41. The van der Waals surface area contributed by atoms with E-state index in [-0.39, 0.29) is 11.5 Å². The normalized spacial score (nSPS) is 11.1. The standard InChI is InChI=1S/C11H13BrN2O2/c1-8(15)10(7-14(2)3)16-9-5-4-6-13-11(9)12/h4-7H,1-3H3/b10-7-. The van der Waals surface area contributed by atoms with Gasteiger partial charge in [-0.3, -0.25) is 4.79 Å². The smallest absolute Gasteiger partial charge is 0.196 e. The van der Waals surface area contributed by atoms with E-state index in [9.17, 15) is 4.79 Å². The maximum absolute atomic E-state index is 11.3. The zero-order valence-electron chi connectivity index (χ0n) is 9.40. The van der Waals surface area contributed by atoms with Crippen molar-refractivity contribution in [3.05, 3.63) is 34.9 Å². The summed E-state index contributed by atoms with van der Waals surface area (Å²) in [6.07, 6.45) is 3.27. The second-order valence-corrected chi connectivity index (χ2v) is 4.16. The Bertz CT molecular complexity index is 416. The van der Waals surface area contributed by atoms with E-state index in [0.29, 0.717) is 10.4 Å². The van der Waals surface area contributed by atoms with E-state index >= 15 is 0 Å². The van der Waals surface area contributed by atoms with Crippen LogP contribution in [0, 0.1) is 0 Å². The second kappa shape index (κ2) is 5.65. The van der Waals surface area contributed by atoms with Crippen LogP contribution in [0.15, 0.2) is 34.9 Å². The third-order valence-electron chi connectivity index (χ3n) is 1.67. The number of hydrogen-bond acceptors (Lipinski definition) is 4. The summed E-state index contributed by atoms with van der Waals surface area (Å²) in [6, 6.07) is 3.48. The van der Waals surface area contributed by atoms with Gasteiger partial charge in [0.15, 0.2) is 17.3 Å². The first-order valence-electron chi connectivity index (χ1n) is 4.68. The molecule has 0 saturated carbocycles. The van der Waals surface area contributed by atoms with E-state index in [1.54, 1.807) is 29.4 Å². The minimum atomic E-state index is -0.135. The van der Waals surface area contributed by atoms with Gasteiger partial charge in [-0.15, -0.1) is 0 Å². The molecule has 86 valence electrons. The fourth-order valence-corrected chi connectivity index (χ4v) is 1.32. The van der Waals surface area contributed by atoms with Gasteiger partial charge in [-0.1, -0.05) is 0 Å². The van der Waals surface area contributed by atoms with Crippen molar-refractivity contribution >= 4 is 21.7 Å². The Morgan fingerprint density at radius 3 is 2.75 bits per heavy atom. The lowest BCUT2D eigenvalue weighted by molar-refractivity contribution is -0.115. The highest BCUT2D eigenvalue weighted by atomic mass is 79.9. The van der Waals surface area contributed by atoms with E-state index in [1.807, 2.05) is 14.1 Å². The number of Topliss-reactive ketones (excluding diaryl/α,β-unsaturated/α-hetero) is 1. The molecule has 0 aliphatic rings. The highest BCUT2D eigenvalue weighted by Gasteiger charge is 2.09. The van der Waals surface area contributed by atoms with E-state index < -0.39 is 0 Å². The van der Waals surface area contributed by atoms with Gasteiger partial charge >= 0.3 is 0 Å². The van der Waals surface area contributed by atoms with Crippen LogP contribution in [0.1, 0.15) is 6.92 Å². The van der Waals surface area contributed by atoms with Gasteiger partial charge in [0.1, 0.15) is 4.60 Å². The lowest BCUT2D eigenvalue weighted by atomic mass is 10.3. The summed E-state index contributed by atoms with van der Waals surface area (Å²) in [4.78, 5) is 17.1. The van der Waals surface area contributed by atoms with Crippen LogP contribution in [-0.2, 0) is 4.79 Å². The van der Waals surface area contributed by atoms with Crippen LogP contribution in [0.2, 0.25) is 0 Å². The molecule has 0 unspecified atom stereocenters. The molecule has 0 amide bonds. The van der Waals surface area contributed by atoms with Gasteiger partial charge in [-0.25, -0.2) is 4.98 Å². The van der Waals surface area contributed by atoms with Crippen molar-refractivity contribution in [1.82, 2.24) is 9.88 Å². The van der Waals surface area contributed by atoms with E-state index in [1.165, 1.54) is 6.92 Å². The molecule has 0 aliphatic heterocycles. The highest BCUT2D eigenvalue weighted by Crippen LogP contribution is 2.23. The molecule has 5 heteroatoms. The Kier molecular flexibility index (Phi) is 4.49. The molecule has 0 saturated heterocycles. The van der Waals surface area contributed by atoms with E-state index in [4.69, 9.17) is 4.74 Å². The summed E-state index contributed by atoms with van der Waals surface area (Å²) in [5.41, 5.74) is 0. The molecule has 0 aliphatic carbocycles. The number of allylic oxidation sites excluding steroid dienone is 1. The third kappa shape index (κ3) is 3.66. The Balaban J connectivity index is 2.93. The van der Waals surface area contributed by atoms with Crippen molar-refractivity contribution in [2.45, 2.75) is 6.92 Å². The molecule has 1 aromatic rings. The number of hydrogen-bond donors (Lipinski definition) is 0. The third-order valence-corrected chi connectivity index (χ3v) is 2.26. The number of nitrogens with zero attached hydrogens (tertiary/aromatic N) is 2. The first kappa shape index (κ1) is 12.7. The molecular weight excluding hydrogens is 272 g/mol. The number of ether oxygens (including phenoxy) is 1. The van der Waals surface area contributed by atoms with Crippen molar-refractivity contribution in [3.8, 4) is 5.75 Å². The van der Waals surface area contributed by atoms with Gasteiger partial charge in [0.05, 0.1) is 0 Å². The number of rotatable bonds is 4. The average Bonchev–Trinajstić information content (AvgIpc) is 2.19. The summed E-state index contributed by atoms with van der Waals surface area (Å²) in [7, 11) is 3.65. The van der Waals surface area contributed by atoms with Gasteiger partial charge < -0.3 is 9.64 Å². The molecule has 1 heterocycles. The molecule has 16 heavy (non-hydrogen) atoms. The van der Waals surface area contributed by atoms with Gasteiger partial charge in [-0.2, -0.15) is 0 Å². The Morgan fingerprint density at radius 1 is 1.56 bits per heavy atom. The molecular formula is C11H13BrN2O2. The Hall–Kier alpha value is -1.36. The van der Waals surface area contributed by atoms with Crippen molar-refractivity contribution in [3.63, 3.8) is 0 Å². The fourth-order valence-electron chi connectivity index (χ4n) is 0.990. The molecule has 1 aromatic heterocycles. The zero-order valence-corrected chi connectivity index (χ0v) is 11.0. The monoisotopic (exact) mass is 284 g/mol. The first-order valence-corrected chi connectivity index (χ1v) is 5.47. The molecule has 0 N–H and O–H groups in total. The number of pyridine rings is 1. The molecule has 0 radical (unpaired) electrons. The van der Waals surface area contributed by atoms with Gasteiger partial charge in [0.25, 0.3) is 0 Å². The van der Waals surface area contributed by atoms with Gasteiger partial charge in [-0.05, 0) is 28.1 Å². The van der Waals surface area contributed by atoms with Crippen LogP contribution in [0.3, 0.4) is 0 Å². The molecule has 0 aromatic carbocycles. The largest absolute Gasteiger partial charge is 0.449 e. The van der Waals surface area contributed by atoms with Gasteiger partial charge in [0.2, 0.25) is 0 Å². The number of carbonyl (C=O) groups is 1. The van der Waals surface area contributed by atoms with E-state index in [2.05, 4.69) is 20.9 Å². The molecule has 4 nitrogen and oxygen atoms in total. The fraction of sp³-hybridized carbons (Fsp3) is 0.273. The summed E-state index contributed by atoms with van der Waals surface area (Å²) in [5, 5.41) is 0. The molecule has 0 atom stereocenters. The van der Waals surface area contributed by atoms with Crippen molar-refractivity contribution < 1.29 is 9.53 Å². The summed E-state index contributed by atoms with van der Waals surface area (Å²) in [5.74, 6) is 0.661. The topological polar surface area (TPSA) is 42.4 Å². The quantitative estimate of drug-likeness (QED) is 0.483. The minimum Gasteiger partial charge on any atom is -0.449 e. The maximum atomic E-state index is 11.3. The zero-order chi connectivity index (χ0) is 12.1. The first-order chi connectivity index (χ1) is 7.50. The van der Waals surface area contributed by atoms with Crippen molar-refractivity contribution in [2.24, 2.45) is 0 Å². The lowest BCUT2D eigenvalue weighted by Gasteiger charge is -2.11. The lowest BCUT2D eigenvalue weighted by Crippen LogP contribution is -2.12. The van der Waals surface area contributed by atoms with Crippen molar-refractivity contribution in [1.29, 1.82) is 0 Å². The van der Waals surface area contributed by atoms with Gasteiger partial charge in [0, 0.05) is 33.4 Å². The van der Waals surface area contributed by atoms with E-state index in [0.717, 1.165) is 0 Å². The van der Waals surface area contributed by atoms with Crippen LogP contribution in [0.5, 0.6) is 5.75 Å². The minimum absolute atomic E-state index is 0.135. The predicted molar refractivity (Wildman–Crippen MR) is 65.0 cm³/mol. The summed E-state index contributed by atoms with van der Waals surface area (Å²) in [6.45, 7) is 1.46. The van der Waals surface area contributed by atoms with Crippen LogP contribution in [0.4, 0.5) is 0 Å². The predicted octanol–water partition coefficient (Wildman–Crippen LogP) is 2.21. The molecule has 0 fully saturated rings. The maximum Gasteiger partial charge on any atom is 0.196 e. The van der Waals surface area contributed by atoms with Crippen LogP contribution < -0.4 is 4.74 Å². The number of carbonyl (C=O) groups excluding carboxylic acids is 1. The highest BCUT2D eigenvalue weighted by molar-refractivity contribution is 9.10. The molecule has 0 bridgehead atoms. The summed E-state index contributed by atoms with van der Waals surface area (Å²) < 4.78 is 6.05. The average molecular weight is 285 g/mol. The SMILES string of the molecule is CC(=O)/C(=C/N(C)C)Oc1cccnc1Br. The van der Waals surface area contributed by atoms with Crippen LogP contribution in [0.25, 0.3) is 0 Å². The molecule has 0 spiro atoms. The van der Waals surface area contributed by atoms with Crippen molar-refractivity contribution in [2.75, 3.05) is 14.1 Å². The van der Waals surface area contributed by atoms with Crippen LogP contribution >= 0.6 is 15.9 Å². The number of halogens is 1. The Labute approximate surface area is 103 Å². The summed E-state index contributed by atoms with van der Waals surface area (Å²) >= 11 is 3.25. The number of aromatic nitrogens is 1. The Morgan fingerprint density at radius 2 is 2.25 bits per heavy atom. The number of ketones is 1. The van der Waals surface area contributed by atoms with Crippen LogP contribution in [-0.4, -0.2) is 29.8 Å². The molecule has 1 rings (SSSR count).